The fourth-order valence-electron chi connectivity index (χ4n) is 2.06. The molecule has 0 unspecified atom stereocenters. The summed E-state index contributed by atoms with van der Waals surface area (Å²) in [6.45, 7) is -0.178. The molecule has 6 nitrogen and oxygen atoms in total. The standard InChI is InChI=1S/C17H15N3O3S2/c18-15(21)9-23-13-5-3-11(4-6-13)19-16(22)8-12-10-25-17(20-12)14-2-1-7-24-14/h1-7,10H,8-9H2,(H2,18,21)(H,19,22). The highest BCUT2D eigenvalue weighted by Crippen LogP contribution is 2.28. The first-order valence-corrected chi connectivity index (χ1v) is 9.15. The van der Waals surface area contributed by atoms with E-state index < -0.39 is 5.91 Å². The number of rotatable bonds is 7. The van der Waals surface area contributed by atoms with Crippen LogP contribution in [0, 0.1) is 0 Å². The van der Waals surface area contributed by atoms with Crippen molar-refractivity contribution in [1.29, 1.82) is 0 Å². The summed E-state index contributed by atoms with van der Waals surface area (Å²) in [5.74, 6) is -0.173. The molecule has 8 heteroatoms. The van der Waals surface area contributed by atoms with Gasteiger partial charge in [-0.3, -0.25) is 9.59 Å². The van der Waals surface area contributed by atoms with E-state index in [1.807, 2.05) is 22.9 Å². The molecule has 3 aromatic rings. The molecule has 0 bridgehead atoms. The Balaban J connectivity index is 1.55. The molecule has 3 N–H and O–H groups in total. The van der Waals surface area contributed by atoms with Gasteiger partial charge in [-0.15, -0.1) is 22.7 Å². The molecule has 25 heavy (non-hydrogen) atoms. The number of thiophene rings is 1. The van der Waals surface area contributed by atoms with Gasteiger partial charge in [0.15, 0.2) is 6.61 Å². The van der Waals surface area contributed by atoms with Gasteiger partial charge in [0, 0.05) is 11.1 Å². The predicted octanol–water partition coefficient (Wildman–Crippen LogP) is 2.92. The van der Waals surface area contributed by atoms with E-state index in [-0.39, 0.29) is 18.9 Å². The molecule has 0 aliphatic rings. The number of nitrogens with zero attached hydrogens (tertiary/aromatic N) is 1. The highest BCUT2D eigenvalue weighted by Gasteiger charge is 2.10. The number of benzene rings is 1. The average molecular weight is 373 g/mol. The largest absolute Gasteiger partial charge is 0.484 e. The summed E-state index contributed by atoms with van der Waals surface area (Å²) in [5.41, 5.74) is 6.40. The second-order valence-corrected chi connectivity index (χ2v) is 6.93. The fourth-order valence-corrected chi connectivity index (χ4v) is 3.69. The van der Waals surface area contributed by atoms with Crippen molar-refractivity contribution < 1.29 is 14.3 Å². The van der Waals surface area contributed by atoms with Gasteiger partial charge in [0.05, 0.1) is 17.0 Å². The number of aromatic nitrogens is 1. The van der Waals surface area contributed by atoms with Crippen LogP contribution in [-0.4, -0.2) is 23.4 Å². The summed E-state index contributed by atoms with van der Waals surface area (Å²) in [4.78, 5) is 28.4. The first-order valence-electron chi connectivity index (χ1n) is 7.39. The van der Waals surface area contributed by atoms with Crippen LogP contribution in [0.2, 0.25) is 0 Å². The molecule has 0 spiro atoms. The Morgan fingerprint density at radius 3 is 2.64 bits per heavy atom. The lowest BCUT2D eigenvalue weighted by molar-refractivity contribution is -0.120. The van der Waals surface area contributed by atoms with Crippen LogP contribution in [0.5, 0.6) is 5.75 Å². The van der Waals surface area contributed by atoms with Crippen LogP contribution < -0.4 is 15.8 Å². The minimum absolute atomic E-state index is 0.145. The summed E-state index contributed by atoms with van der Waals surface area (Å²) < 4.78 is 5.17. The van der Waals surface area contributed by atoms with Gasteiger partial charge in [0.2, 0.25) is 5.91 Å². The minimum Gasteiger partial charge on any atom is -0.484 e. The smallest absolute Gasteiger partial charge is 0.255 e. The zero-order valence-electron chi connectivity index (χ0n) is 13.1. The Hall–Kier alpha value is -2.71. The molecule has 0 aliphatic heterocycles. The average Bonchev–Trinajstić information content (AvgIpc) is 3.25. The number of nitrogens with two attached hydrogens (primary N) is 1. The van der Waals surface area contributed by atoms with Crippen molar-refractivity contribution in [1.82, 2.24) is 4.98 Å². The van der Waals surface area contributed by atoms with E-state index in [9.17, 15) is 9.59 Å². The molecule has 0 aliphatic carbocycles. The van der Waals surface area contributed by atoms with E-state index in [0.29, 0.717) is 11.4 Å². The minimum atomic E-state index is -0.539. The lowest BCUT2D eigenvalue weighted by atomic mass is 10.2. The number of hydrogen-bond donors (Lipinski definition) is 2. The van der Waals surface area contributed by atoms with Gasteiger partial charge in [0.1, 0.15) is 10.8 Å². The first kappa shape index (κ1) is 17.1. The Bertz CT molecular complexity index is 858. The highest BCUT2D eigenvalue weighted by molar-refractivity contribution is 7.20. The van der Waals surface area contributed by atoms with E-state index in [2.05, 4.69) is 10.3 Å². The summed E-state index contributed by atoms with van der Waals surface area (Å²) in [6, 6.07) is 10.7. The lowest BCUT2D eigenvalue weighted by Crippen LogP contribution is -2.20. The third-order valence-corrected chi connectivity index (χ3v) is 5.07. The van der Waals surface area contributed by atoms with Gasteiger partial charge >= 0.3 is 0 Å². The monoisotopic (exact) mass is 373 g/mol. The molecular formula is C17H15N3O3S2. The maximum atomic E-state index is 12.1. The van der Waals surface area contributed by atoms with Gasteiger partial charge in [-0.05, 0) is 35.7 Å². The van der Waals surface area contributed by atoms with E-state index >= 15 is 0 Å². The third-order valence-electron chi connectivity index (χ3n) is 3.14. The van der Waals surface area contributed by atoms with Gasteiger partial charge in [-0.25, -0.2) is 4.98 Å². The maximum absolute atomic E-state index is 12.1. The molecule has 128 valence electrons. The number of primary amides is 1. The number of hydrogen-bond acceptors (Lipinski definition) is 6. The highest BCUT2D eigenvalue weighted by atomic mass is 32.1. The molecular weight excluding hydrogens is 358 g/mol. The van der Waals surface area contributed by atoms with Gasteiger partial charge < -0.3 is 15.8 Å². The molecule has 0 saturated carbocycles. The van der Waals surface area contributed by atoms with Gasteiger partial charge in [-0.2, -0.15) is 0 Å². The zero-order valence-corrected chi connectivity index (χ0v) is 14.7. The van der Waals surface area contributed by atoms with Crippen LogP contribution in [0.15, 0.2) is 47.2 Å². The molecule has 2 amide bonds. The van der Waals surface area contributed by atoms with Crippen molar-refractivity contribution in [3.8, 4) is 15.6 Å². The van der Waals surface area contributed by atoms with Gasteiger partial charge in [0.25, 0.3) is 5.91 Å². The normalized spacial score (nSPS) is 10.4. The van der Waals surface area contributed by atoms with Crippen LogP contribution in [0.4, 0.5) is 5.69 Å². The molecule has 0 atom stereocenters. The fraction of sp³-hybridized carbons (Fsp3) is 0.118. The Kier molecular flexibility index (Phi) is 5.42. The van der Waals surface area contributed by atoms with Crippen molar-refractivity contribution in [2.24, 2.45) is 5.73 Å². The van der Waals surface area contributed by atoms with Crippen LogP contribution in [0.1, 0.15) is 5.69 Å². The van der Waals surface area contributed by atoms with Gasteiger partial charge in [-0.1, -0.05) is 6.07 Å². The number of carbonyl (C=O) groups is 2. The quantitative estimate of drug-likeness (QED) is 0.666. The van der Waals surface area contributed by atoms with Crippen molar-refractivity contribution in [2.45, 2.75) is 6.42 Å². The molecule has 2 heterocycles. The Morgan fingerprint density at radius 1 is 1.16 bits per heavy atom. The topological polar surface area (TPSA) is 94.3 Å². The molecule has 0 fully saturated rings. The number of nitrogens with one attached hydrogen (secondary N) is 1. The summed E-state index contributed by atoms with van der Waals surface area (Å²) in [5, 5.41) is 7.63. The third kappa shape index (κ3) is 4.88. The number of anilines is 1. The van der Waals surface area contributed by atoms with E-state index in [1.165, 1.54) is 11.3 Å². The summed E-state index contributed by atoms with van der Waals surface area (Å²) in [6.07, 6.45) is 0.210. The second-order valence-electron chi connectivity index (χ2n) is 5.13. The van der Waals surface area contributed by atoms with Crippen LogP contribution in [0.25, 0.3) is 9.88 Å². The number of carbonyl (C=O) groups excluding carboxylic acids is 2. The molecule has 1 aromatic carbocycles. The van der Waals surface area contributed by atoms with Crippen LogP contribution >= 0.6 is 22.7 Å². The molecule has 0 radical (unpaired) electrons. The van der Waals surface area contributed by atoms with Crippen molar-refractivity contribution in [2.75, 3.05) is 11.9 Å². The van der Waals surface area contributed by atoms with E-state index in [0.717, 1.165) is 15.6 Å². The van der Waals surface area contributed by atoms with E-state index in [4.69, 9.17) is 10.5 Å². The Labute approximate surface area is 152 Å². The van der Waals surface area contributed by atoms with Crippen molar-refractivity contribution >= 4 is 40.2 Å². The predicted molar refractivity (Wildman–Crippen MR) is 98.9 cm³/mol. The molecule has 2 aromatic heterocycles. The summed E-state index contributed by atoms with van der Waals surface area (Å²) >= 11 is 3.15. The first-order chi connectivity index (χ1) is 12.1. The van der Waals surface area contributed by atoms with Crippen molar-refractivity contribution in [3.05, 3.63) is 52.9 Å². The Morgan fingerprint density at radius 2 is 1.96 bits per heavy atom. The maximum Gasteiger partial charge on any atom is 0.255 e. The number of ether oxygens (including phenoxy) is 1. The molecule has 0 saturated heterocycles. The lowest BCUT2D eigenvalue weighted by Gasteiger charge is -2.06. The number of amides is 2. The second kappa shape index (κ2) is 7.91. The summed E-state index contributed by atoms with van der Waals surface area (Å²) in [7, 11) is 0. The SMILES string of the molecule is NC(=O)COc1ccc(NC(=O)Cc2csc(-c3cccs3)n2)cc1. The van der Waals surface area contributed by atoms with Crippen LogP contribution in [-0.2, 0) is 16.0 Å². The van der Waals surface area contributed by atoms with Crippen LogP contribution in [0.3, 0.4) is 0 Å². The van der Waals surface area contributed by atoms with Crippen molar-refractivity contribution in [3.63, 3.8) is 0 Å². The zero-order chi connectivity index (χ0) is 17.6. The molecule has 3 rings (SSSR count). The number of thiazole rings is 1. The van der Waals surface area contributed by atoms with E-state index in [1.54, 1.807) is 35.6 Å².